The van der Waals surface area contributed by atoms with Gasteiger partial charge in [0.15, 0.2) is 0 Å². The highest BCUT2D eigenvalue weighted by molar-refractivity contribution is 14.1. The molecule has 0 bridgehead atoms. The minimum absolute atomic E-state index is 0.0687. The molecule has 36 heavy (non-hydrogen) atoms. The summed E-state index contributed by atoms with van der Waals surface area (Å²) in [6.07, 6.45) is 6.15. The summed E-state index contributed by atoms with van der Waals surface area (Å²) in [5.74, 6) is -0.771. The van der Waals surface area contributed by atoms with Crippen LogP contribution in [0.15, 0.2) is 42.5 Å². The Morgan fingerprint density at radius 2 is 1.69 bits per heavy atom. The van der Waals surface area contributed by atoms with Crippen molar-refractivity contribution in [3.05, 3.63) is 61.6 Å². The summed E-state index contributed by atoms with van der Waals surface area (Å²) in [5, 5.41) is 3.78. The molecule has 1 aliphatic carbocycles. The summed E-state index contributed by atoms with van der Waals surface area (Å²) in [6.45, 7) is 1.28. The fraction of sp³-hybridized carbons (Fsp3) is 0.440. The van der Waals surface area contributed by atoms with E-state index in [1.165, 1.54) is 4.90 Å². The molecule has 2 aromatic rings. The number of nitrogens with zero attached hydrogens (tertiary/aromatic N) is 2. The molecule has 0 radical (unpaired) electrons. The van der Waals surface area contributed by atoms with E-state index in [9.17, 15) is 18.0 Å². The van der Waals surface area contributed by atoms with Gasteiger partial charge in [0.25, 0.3) is 0 Å². The Bertz CT molecular complexity index is 1190. The lowest BCUT2D eigenvalue weighted by Gasteiger charge is -2.33. The van der Waals surface area contributed by atoms with E-state index < -0.39 is 28.5 Å². The molecule has 0 heterocycles. The second kappa shape index (κ2) is 12.8. The minimum atomic E-state index is -3.77. The normalized spacial score (nSPS) is 15.2. The van der Waals surface area contributed by atoms with Crippen LogP contribution in [0.4, 0.5) is 5.69 Å². The van der Waals surface area contributed by atoms with Gasteiger partial charge in [-0.1, -0.05) is 48.5 Å². The first-order valence-electron chi connectivity index (χ1n) is 11.7. The predicted molar refractivity (Wildman–Crippen MR) is 153 cm³/mol. The van der Waals surface area contributed by atoms with Gasteiger partial charge in [-0.2, -0.15) is 0 Å². The van der Waals surface area contributed by atoms with Crippen LogP contribution < -0.4 is 9.62 Å². The second-order valence-corrected chi connectivity index (χ2v) is 13.0. The summed E-state index contributed by atoms with van der Waals surface area (Å²) < 4.78 is 27.2. The highest BCUT2D eigenvalue weighted by Gasteiger charge is 2.31. The van der Waals surface area contributed by atoms with Gasteiger partial charge in [0.1, 0.15) is 12.6 Å². The van der Waals surface area contributed by atoms with Crippen LogP contribution in [0.2, 0.25) is 10.0 Å². The van der Waals surface area contributed by atoms with Crippen molar-refractivity contribution < 1.29 is 18.0 Å². The van der Waals surface area contributed by atoms with Crippen LogP contribution in [-0.2, 0) is 26.2 Å². The fourth-order valence-electron chi connectivity index (χ4n) is 4.21. The zero-order valence-electron chi connectivity index (χ0n) is 20.2. The number of rotatable bonds is 9. The first-order valence-corrected chi connectivity index (χ1v) is 15.4. The van der Waals surface area contributed by atoms with Crippen molar-refractivity contribution in [1.82, 2.24) is 10.2 Å². The van der Waals surface area contributed by atoms with Gasteiger partial charge in [0, 0.05) is 16.2 Å². The number of hydrogen-bond acceptors (Lipinski definition) is 4. The maximum atomic E-state index is 13.6. The minimum Gasteiger partial charge on any atom is -0.352 e. The number of carbonyl (C=O) groups excluding carboxylic acids is 2. The molecule has 0 aliphatic heterocycles. The van der Waals surface area contributed by atoms with E-state index in [0.29, 0.717) is 21.3 Å². The number of nitrogens with one attached hydrogen (secondary N) is 1. The van der Waals surface area contributed by atoms with E-state index in [2.05, 4.69) is 27.9 Å². The molecule has 3 rings (SSSR count). The molecule has 1 N–H and O–H groups in total. The number of hydrogen-bond donors (Lipinski definition) is 1. The van der Waals surface area contributed by atoms with Crippen molar-refractivity contribution in [3.8, 4) is 0 Å². The molecular formula is C25H30Cl2IN3O4S. The van der Waals surface area contributed by atoms with E-state index in [1.807, 2.05) is 0 Å². The summed E-state index contributed by atoms with van der Waals surface area (Å²) in [6, 6.07) is 11.1. The van der Waals surface area contributed by atoms with Crippen LogP contribution in [0.25, 0.3) is 0 Å². The van der Waals surface area contributed by atoms with E-state index in [-0.39, 0.29) is 18.5 Å². The summed E-state index contributed by atoms with van der Waals surface area (Å²) >= 11 is 14.4. The fourth-order valence-corrected chi connectivity index (χ4v) is 5.74. The van der Waals surface area contributed by atoms with Crippen LogP contribution in [0.1, 0.15) is 44.6 Å². The lowest BCUT2D eigenvalue weighted by molar-refractivity contribution is -0.139. The third kappa shape index (κ3) is 7.97. The predicted octanol–water partition coefficient (Wildman–Crippen LogP) is 5.23. The van der Waals surface area contributed by atoms with Crippen molar-refractivity contribution in [3.63, 3.8) is 0 Å². The largest absolute Gasteiger partial charge is 0.352 e. The Balaban J connectivity index is 1.88. The quantitative estimate of drug-likeness (QED) is 0.372. The average molecular weight is 666 g/mol. The van der Waals surface area contributed by atoms with Crippen LogP contribution in [0, 0.1) is 3.57 Å². The Hall–Kier alpha value is -1.56. The first-order chi connectivity index (χ1) is 17.0. The van der Waals surface area contributed by atoms with E-state index in [0.717, 1.165) is 46.2 Å². The summed E-state index contributed by atoms with van der Waals surface area (Å²) in [7, 11) is -3.77. The van der Waals surface area contributed by atoms with Gasteiger partial charge < -0.3 is 10.2 Å². The molecule has 1 fully saturated rings. The molecule has 11 heteroatoms. The molecule has 1 saturated carbocycles. The maximum absolute atomic E-state index is 13.6. The molecule has 1 aliphatic rings. The number of benzene rings is 2. The summed E-state index contributed by atoms with van der Waals surface area (Å²) in [4.78, 5) is 28.2. The second-order valence-electron chi connectivity index (χ2n) is 9.04. The monoisotopic (exact) mass is 665 g/mol. The Morgan fingerprint density at radius 3 is 2.28 bits per heavy atom. The van der Waals surface area contributed by atoms with E-state index >= 15 is 0 Å². The molecule has 1 atom stereocenters. The first kappa shape index (κ1) is 29.0. The van der Waals surface area contributed by atoms with Crippen LogP contribution in [-0.4, -0.2) is 50.0 Å². The molecule has 196 valence electrons. The molecule has 0 aromatic heterocycles. The molecule has 0 spiro atoms. The van der Waals surface area contributed by atoms with Gasteiger partial charge in [0.05, 0.1) is 22.0 Å². The SMILES string of the molecule is CC(C(=O)NC1CCCCC1)N(Cc1ccc(Cl)c(Cl)c1)C(=O)CN(c1ccc(I)cc1)S(C)(=O)=O. The number of sulfonamides is 1. The van der Waals surface area contributed by atoms with E-state index in [4.69, 9.17) is 23.2 Å². The Morgan fingerprint density at radius 1 is 1.06 bits per heavy atom. The van der Waals surface area contributed by atoms with Crippen molar-refractivity contribution in [2.45, 2.75) is 57.7 Å². The number of amides is 2. The zero-order chi connectivity index (χ0) is 26.5. The zero-order valence-corrected chi connectivity index (χ0v) is 24.7. The molecular weight excluding hydrogens is 636 g/mol. The topological polar surface area (TPSA) is 86.8 Å². The molecule has 7 nitrogen and oxygen atoms in total. The van der Waals surface area contributed by atoms with Gasteiger partial charge in [-0.25, -0.2) is 8.42 Å². The van der Waals surface area contributed by atoms with Crippen LogP contribution in [0.3, 0.4) is 0 Å². The van der Waals surface area contributed by atoms with Gasteiger partial charge in [-0.3, -0.25) is 13.9 Å². The van der Waals surface area contributed by atoms with Crippen LogP contribution >= 0.6 is 45.8 Å². The molecule has 2 amide bonds. The van der Waals surface area contributed by atoms with Crippen molar-refractivity contribution >= 4 is 73.3 Å². The maximum Gasteiger partial charge on any atom is 0.244 e. The van der Waals surface area contributed by atoms with Gasteiger partial charge in [-0.05, 0) is 84.3 Å². The molecule has 0 saturated heterocycles. The Labute approximate surface area is 236 Å². The lowest BCUT2D eigenvalue weighted by atomic mass is 9.95. The highest BCUT2D eigenvalue weighted by atomic mass is 127. The lowest BCUT2D eigenvalue weighted by Crippen LogP contribution is -2.52. The van der Waals surface area contributed by atoms with Gasteiger partial charge in [-0.15, -0.1) is 0 Å². The van der Waals surface area contributed by atoms with Gasteiger partial charge >= 0.3 is 0 Å². The smallest absolute Gasteiger partial charge is 0.244 e. The average Bonchev–Trinajstić information content (AvgIpc) is 2.83. The van der Waals surface area contributed by atoms with Crippen molar-refractivity contribution in [2.24, 2.45) is 0 Å². The third-order valence-corrected chi connectivity index (χ3v) is 8.85. The number of carbonyl (C=O) groups is 2. The highest BCUT2D eigenvalue weighted by Crippen LogP contribution is 2.25. The Kier molecular flexibility index (Phi) is 10.3. The van der Waals surface area contributed by atoms with E-state index in [1.54, 1.807) is 49.4 Å². The number of halogens is 3. The van der Waals surface area contributed by atoms with Gasteiger partial charge in [0.2, 0.25) is 21.8 Å². The van der Waals surface area contributed by atoms with Crippen molar-refractivity contribution in [1.29, 1.82) is 0 Å². The summed E-state index contributed by atoms with van der Waals surface area (Å²) in [5.41, 5.74) is 1.05. The number of anilines is 1. The standard InChI is InChI=1S/C25H30Cl2IN3O4S/c1-17(25(33)29-20-6-4-3-5-7-20)30(15-18-8-13-22(26)23(27)14-18)24(32)16-31(36(2,34)35)21-11-9-19(28)10-12-21/h8-14,17,20H,3-7,15-16H2,1-2H3,(H,29,33). The third-order valence-electron chi connectivity index (χ3n) is 6.25. The van der Waals surface area contributed by atoms with Crippen molar-refractivity contribution in [2.75, 3.05) is 17.1 Å². The van der Waals surface area contributed by atoms with Crippen LogP contribution in [0.5, 0.6) is 0 Å². The molecule has 1 unspecified atom stereocenters. The molecule has 2 aromatic carbocycles.